The van der Waals surface area contributed by atoms with Crippen molar-refractivity contribution in [2.75, 3.05) is 11.6 Å². The molecule has 1 N–H and O–H groups in total. The highest BCUT2D eigenvalue weighted by molar-refractivity contribution is 7.98. The molecule has 3 rings (SSSR count). The molecule has 4 nitrogen and oxygen atoms in total. The fraction of sp³-hybridized carbons (Fsp3) is 0.261. The van der Waals surface area contributed by atoms with Crippen molar-refractivity contribution in [2.24, 2.45) is 0 Å². The molecule has 0 radical (unpaired) electrons. The van der Waals surface area contributed by atoms with Gasteiger partial charge in [-0.3, -0.25) is 0 Å². The van der Waals surface area contributed by atoms with E-state index in [-0.39, 0.29) is 0 Å². The van der Waals surface area contributed by atoms with Gasteiger partial charge in [-0.05, 0) is 43.7 Å². The molecule has 5 heteroatoms. The largest absolute Gasteiger partial charge is 0.339 e. The first-order valence-electron chi connectivity index (χ1n) is 9.43. The molecule has 1 aromatic heterocycles. The quantitative estimate of drug-likeness (QED) is 0.389. The van der Waals surface area contributed by atoms with Gasteiger partial charge in [-0.15, -0.1) is 0 Å². The molecular weight excluding hydrogens is 364 g/mol. The molecule has 1 heterocycles. The Kier molecular flexibility index (Phi) is 6.67. The van der Waals surface area contributed by atoms with Crippen LogP contribution >= 0.6 is 11.8 Å². The number of thioether (sulfide) groups is 1. The lowest BCUT2D eigenvalue weighted by atomic mass is 10.1. The van der Waals surface area contributed by atoms with E-state index >= 15 is 0 Å². The van der Waals surface area contributed by atoms with Crippen molar-refractivity contribution in [3.05, 3.63) is 65.2 Å². The molecule has 142 valence electrons. The summed E-state index contributed by atoms with van der Waals surface area (Å²) in [6.45, 7) is 4.24. The zero-order valence-corrected chi connectivity index (χ0v) is 17.3. The number of nitrogens with one attached hydrogen (secondary N) is 1. The standard InChI is InChI=1S/C23H24N4S/c1-4-5-6-17-9-13-19(14-10-17)25-22-20(15-24)21(26-23(27-22)28-3)18-11-7-16(2)8-12-18/h7-14H,4-6H2,1-3H3,(H,25,26,27). The summed E-state index contributed by atoms with van der Waals surface area (Å²) >= 11 is 1.46. The van der Waals surface area contributed by atoms with Crippen molar-refractivity contribution in [3.8, 4) is 17.3 Å². The number of aromatic nitrogens is 2. The average molecular weight is 389 g/mol. The number of aryl methyl sites for hydroxylation is 2. The molecule has 0 aliphatic rings. The van der Waals surface area contributed by atoms with Gasteiger partial charge in [0.2, 0.25) is 0 Å². The summed E-state index contributed by atoms with van der Waals surface area (Å²) in [4.78, 5) is 9.15. The highest BCUT2D eigenvalue weighted by Crippen LogP contribution is 2.30. The molecule has 0 amide bonds. The summed E-state index contributed by atoms with van der Waals surface area (Å²) < 4.78 is 0. The van der Waals surface area contributed by atoms with E-state index in [1.165, 1.54) is 35.7 Å². The van der Waals surface area contributed by atoms with Crippen LogP contribution in [-0.4, -0.2) is 16.2 Å². The minimum Gasteiger partial charge on any atom is -0.339 e. The summed E-state index contributed by atoms with van der Waals surface area (Å²) in [6.07, 6.45) is 5.40. The molecule has 0 saturated carbocycles. The average Bonchev–Trinajstić information content (AvgIpc) is 2.73. The van der Waals surface area contributed by atoms with Crippen LogP contribution in [0.25, 0.3) is 11.3 Å². The van der Waals surface area contributed by atoms with E-state index in [1.54, 1.807) is 0 Å². The lowest BCUT2D eigenvalue weighted by Crippen LogP contribution is -2.03. The van der Waals surface area contributed by atoms with Crippen LogP contribution < -0.4 is 5.32 Å². The first-order valence-corrected chi connectivity index (χ1v) is 10.7. The van der Waals surface area contributed by atoms with Crippen molar-refractivity contribution in [3.63, 3.8) is 0 Å². The van der Waals surface area contributed by atoms with Gasteiger partial charge in [-0.2, -0.15) is 5.26 Å². The predicted octanol–water partition coefficient (Wildman–Crippen LogP) is 6.13. The zero-order valence-electron chi connectivity index (χ0n) is 16.5. The van der Waals surface area contributed by atoms with Crippen molar-refractivity contribution in [2.45, 2.75) is 38.3 Å². The Hall–Kier alpha value is -2.84. The minimum atomic E-state index is 0.455. The van der Waals surface area contributed by atoms with Gasteiger partial charge in [-0.1, -0.05) is 67.1 Å². The number of hydrogen-bond acceptors (Lipinski definition) is 5. The third kappa shape index (κ3) is 4.71. The second-order valence-corrected chi connectivity index (χ2v) is 7.46. The molecule has 0 aliphatic carbocycles. The van der Waals surface area contributed by atoms with Crippen LogP contribution in [0.1, 0.15) is 36.5 Å². The Labute approximate surface area is 171 Å². The highest BCUT2D eigenvalue weighted by atomic mass is 32.2. The Morgan fingerprint density at radius 3 is 2.36 bits per heavy atom. The maximum Gasteiger partial charge on any atom is 0.189 e. The van der Waals surface area contributed by atoms with Gasteiger partial charge in [0.1, 0.15) is 11.6 Å². The van der Waals surface area contributed by atoms with Crippen LogP contribution in [0.15, 0.2) is 53.7 Å². The molecule has 0 aliphatic heterocycles. The molecule has 0 spiro atoms. The normalized spacial score (nSPS) is 10.5. The Morgan fingerprint density at radius 2 is 1.75 bits per heavy atom. The molecule has 28 heavy (non-hydrogen) atoms. The van der Waals surface area contributed by atoms with E-state index in [2.05, 4.69) is 40.4 Å². The Balaban J connectivity index is 1.97. The molecule has 3 aromatic rings. The third-order valence-electron chi connectivity index (χ3n) is 4.54. The van der Waals surface area contributed by atoms with Crippen LogP contribution in [0, 0.1) is 18.3 Å². The van der Waals surface area contributed by atoms with Crippen molar-refractivity contribution in [1.29, 1.82) is 5.26 Å². The third-order valence-corrected chi connectivity index (χ3v) is 5.09. The second kappa shape index (κ2) is 9.38. The SMILES string of the molecule is CCCCc1ccc(Nc2nc(SC)nc(-c3ccc(C)cc3)c2C#N)cc1. The van der Waals surface area contributed by atoms with Crippen LogP contribution in [-0.2, 0) is 6.42 Å². The maximum atomic E-state index is 9.82. The molecule has 0 fully saturated rings. The van der Waals surface area contributed by atoms with E-state index in [0.29, 0.717) is 22.2 Å². The second-order valence-electron chi connectivity index (χ2n) is 6.69. The molecule has 0 bridgehead atoms. The summed E-state index contributed by atoms with van der Waals surface area (Å²) in [5, 5.41) is 13.8. The van der Waals surface area contributed by atoms with E-state index in [4.69, 9.17) is 0 Å². The topological polar surface area (TPSA) is 61.6 Å². The van der Waals surface area contributed by atoms with Crippen LogP contribution in [0.3, 0.4) is 0 Å². The highest BCUT2D eigenvalue weighted by Gasteiger charge is 2.16. The maximum absolute atomic E-state index is 9.82. The number of rotatable bonds is 7. The van der Waals surface area contributed by atoms with Crippen LogP contribution in [0.2, 0.25) is 0 Å². The van der Waals surface area contributed by atoms with Gasteiger partial charge >= 0.3 is 0 Å². The van der Waals surface area contributed by atoms with Crippen LogP contribution in [0.5, 0.6) is 0 Å². The molecule has 0 saturated heterocycles. The fourth-order valence-corrected chi connectivity index (χ4v) is 3.29. The van der Waals surface area contributed by atoms with Gasteiger partial charge in [0.15, 0.2) is 11.0 Å². The van der Waals surface area contributed by atoms with Crippen molar-refractivity contribution in [1.82, 2.24) is 9.97 Å². The lowest BCUT2D eigenvalue weighted by Gasteiger charge is -2.13. The number of nitriles is 1. The molecular formula is C23H24N4S. The van der Waals surface area contributed by atoms with Gasteiger partial charge in [-0.25, -0.2) is 9.97 Å². The number of hydrogen-bond donors (Lipinski definition) is 1. The summed E-state index contributed by atoms with van der Waals surface area (Å²) in [5.74, 6) is 0.540. The van der Waals surface area contributed by atoms with Gasteiger partial charge in [0.05, 0.1) is 5.69 Å². The summed E-state index contributed by atoms with van der Waals surface area (Å²) in [7, 11) is 0. The van der Waals surface area contributed by atoms with Gasteiger partial charge < -0.3 is 5.32 Å². The van der Waals surface area contributed by atoms with Gasteiger partial charge in [0.25, 0.3) is 0 Å². The minimum absolute atomic E-state index is 0.455. The monoisotopic (exact) mass is 388 g/mol. The van der Waals surface area contributed by atoms with E-state index in [9.17, 15) is 5.26 Å². The molecule has 0 atom stereocenters. The van der Waals surface area contributed by atoms with Crippen molar-refractivity contribution >= 4 is 23.3 Å². The molecule has 2 aromatic carbocycles. The number of benzene rings is 2. The molecule has 0 unspecified atom stereocenters. The fourth-order valence-electron chi connectivity index (χ4n) is 2.92. The lowest BCUT2D eigenvalue weighted by molar-refractivity contribution is 0.795. The Morgan fingerprint density at radius 1 is 1.04 bits per heavy atom. The smallest absolute Gasteiger partial charge is 0.189 e. The first-order chi connectivity index (χ1) is 13.6. The zero-order chi connectivity index (χ0) is 19.9. The summed E-state index contributed by atoms with van der Waals surface area (Å²) in [5.41, 5.74) is 5.43. The van der Waals surface area contributed by atoms with E-state index in [1.807, 2.05) is 49.6 Å². The number of nitrogens with zero attached hydrogens (tertiary/aromatic N) is 3. The first kappa shape index (κ1) is 19.9. The van der Waals surface area contributed by atoms with E-state index in [0.717, 1.165) is 17.7 Å². The van der Waals surface area contributed by atoms with Gasteiger partial charge in [0, 0.05) is 11.3 Å². The Bertz CT molecular complexity index is 973. The van der Waals surface area contributed by atoms with Crippen molar-refractivity contribution < 1.29 is 0 Å². The van der Waals surface area contributed by atoms with Crippen LogP contribution in [0.4, 0.5) is 11.5 Å². The number of anilines is 2. The predicted molar refractivity (Wildman–Crippen MR) is 117 cm³/mol. The van der Waals surface area contributed by atoms with E-state index < -0.39 is 0 Å². The number of unbranched alkanes of at least 4 members (excludes halogenated alkanes) is 1. The summed E-state index contributed by atoms with van der Waals surface area (Å²) in [6, 6.07) is 18.7.